The van der Waals surface area contributed by atoms with E-state index in [-0.39, 0.29) is 28.8 Å². The summed E-state index contributed by atoms with van der Waals surface area (Å²) in [6, 6.07) is 4.29. The zero-order valence-corrected chi connectivity index (χ0v) is 10.9. The third-order valence-electron chi connectivity index (χ3n) is 2.59. The molecule has 1 aromatic carbocycles. The summed E-state index contributed by atoms with van der Waals surface area (Å²) in [5, 5.41) is 2.47. The zero-order chi connectivity index (χ0) is 14.8. The number of carbonyl (C=O) groups is 2. The highest BCUT2D eigenvalue weighted by Crippen LogP contribution is 2.36. The van der Waals surface area contributed by atoms with Crippen molar-refractivity contribution >= 4 is 23.6 Å². The van der Waals surface area contributed by atoms with Gasteiger partial charge < -0.3 is 10.1 Å². The van der Waals surface area contributed by atoms with Gasteiger partial charge in [0.1, 0.15) is 6.04 Å². The predicted octanol–water partition coefficient (Wildman–Crippen LogP) is 2.34. The van der Waals surface area contributed by atoms with Gasteiger partial charge >= 0.3 is 11.5 Å². The molecule has 1 heterocycles. The number of cyclic esters (lactones) is 1. The molecule has 20 heavy (non-hydrogen) atoms. The summed E-state index contributed by atoms with van der Waals surface area (Å²) in [5.74, 6) is -1.01. The predicted molar refractivity (Wildman–Crippen MR) is 65.2 cm³/mol. The minimum atomic E-state index is -4.36. The van der Waals surface area contributed by atoms with Gasteiger partial charge in [-0.1, -0.05) is 0 Å². The lowest BCUT2D eigenvalue weighted by molar-refractivity contribution is -0.139. The van der Waals surface area contributed by atoms with Crippen molar-refractivity contribution in [2.24, 2.45) is 0 Å². The van der Waals surface area contributed by atoms with E-state index >= 15 is 0 Å². The molecule has 1 aliphatic rings. The zero-order valence-electron chi connectivity index (χ0n) is 10.1. The molecule has 0 saturated carbocycles. The molecule has 4 nitrogen and oxygen atoms in total. The fourth-order valence-electron chi connectivity index (χ4n) is 1.68. The molecule has 0 radical (unpaired) electrons. The molecule has 1 aromatic rings. The van der Waals surface area contributed by atoms with E-state index in [9.17, 15) is 22.8 Å². The second kappa shape index (κ2) is 5.74. The molecule has 1 aliphatic heterocycles. The Kier molecular flexibility index (Phi) is 4.22. The average molecular weight is 305 g/mol. The van der Waals surface area contributed by atoms with E-state index < -0.39 is 23.4 Å². The number of hydrogen-bond acceptors (Lipinski definition) is 4. The molecule has 0 bridgehead atoms. The number of nitrogens with one attached hydrogen (secondary N) is 1. The van der Waals surface area contributed by atoms with Crippen LogP contribution in [0.4, 0.5) is 13.2 Å². The molecule has 0 aliphatic carbocycles. The Balaban J connectivity index is 1.98. The number of halogens is 3. The van der Waals surface area contributed by atoms with Crippen molar-refractivity contribution in [3.8, 4) is 0 Å². The van der Waals surface area contributed by atoms with E-state index in [0.29, 0.717) is 6.42 Å². The van der Waals surface area contributed by atoms with Crippen LogP contribution in [0.1, 0.15) is 16.8 Å². The van der Waals surface area contributed by atoms with Gasteiger partial charge in [-0.2, -0.15) is 13.2 Å². The van der Waals surface area contributed by atoms with Crippen LogP contribution in [0, 0.1) is 0 Å². The fourth-order valence-corrected chi connectivity index (χ4v) is 2.22. The summed E-state index contributed by atoms with van der Waals surface area (Å²) in [5.41, 5.74) is -4.17. The van der Waals surface area contributed by atoms with E-state index in [4.69, 9.17) is 4.74 Å². The molecular formula is C12H10F3NO3S. The van der Waals surface area contributed by atoms with Crippen LogP contribution in [0.3, 0.4) is 0 Å². The molecule has 1 N–H and O–H groups in total. The summed E-state index contributed by atoms with van der Waals surface area (Å²) in [4.78, 5) is 23.0. The van der Waals surface area contributed by atoms with Crippen molar-refractivity contribution < 1.29 is 27.5 Å². The van der Waals surface area contributed by atoms with Gasteiger partial charge in [0.25, 0.3) is 5.91 Å². The number of thioether (sulfide) groups is 1. The van der Waals surface area contributed by atoms with Gasteiger partial charge in [0.2, 0.25) is 0 Å². The largest absolute Gasteiger partial charge is 0.464 e. The van der Waals surface area contributed by atoms with Crippen LogP contribution in [-0.4, -0.2) is 30.0 Å². The minimum absolute atomic E-state index is 0.00525. The lowest BCUT2D eigenvalue weighted by Crippen LogP contribution is -2.37. The van der Waals surface area contributed by atoms with Crippen LogP contribution < -0.4 is 5.32 Å². The number of hydrogen-bond donors (Lipinski definition) is 1. The van der Waals surface area contributed by atoms with Gasteiger partial charge in [-0.25, -0.2) is 4.79 Å². The third-order valence-corrected chi connectivity index (χ3v) is 3.33. The Hall–Kier alpha value is -1.70. The number of alkyl halides is 3. The smallest absolute Gasteiger partial charge is 0.446 e. The van der Waals surface area contributed by atoms with Gasteiger partial charge in [0, 0.05) is 16.9 Å². The van der Waals surface area contributed by atoms with Crippen molar-refractivity contribution in [1.82, 2.24) is 5.32 Å². The molecule has 1 saturated heterocycles. The summed E-state index contributed by atoms with van der Waals surface area (Å²) >= 11 is -0.251. The highest BCUT2D eigenvalue weighted by molar-refractivity contribution is 8.00. The van der Waals surface area contributed by atoms with Crippen molar-refractivity contribution in [3.63, 3.8) is 0 Å². The summed E-state index contributed by atoms with van der Waals surface area (Å²) < 4.78 is 41.1. The van der Waals surface area contributed by atoms with Gasteiger partial charge in [-0.3, -0.25) is 4.79 Å². The Morgan fingerprint density at radius 1 is 1.30 bits per heavy atom. The standard InChI is InChI=1S/C12H10F3NO3S/c13-12(14,15)20-8-3-1-7(2-4-8)10(17)16-9-5-6-19-11(9)18/h1-4,9H,5-6H2,(H,16,17). The number of benzene rings is 1. The Bertz CT molecular complexity index is 516. The van der Waals surface area contributed by atoms with E-state index in [0.717, 1.165) is 0 Å². The second-order valence-corrected chi connectivity index (χ2v) is 5.19. The Morgan fingerprint density at radius 2 is 1.95 bits per heavy atom. The van der Waals surface area contributed by atoms with Crippen LogP contribution in [0.25, 0.3) is 0 Å². The molecule has 1 amide bonds. The van der Waals surface area contributed by atoms with Crippen LogP contribution >= 0.6 is 11.8 Å². The lowest BCUT2D eigenvalue weighted by atomic mass is 10.2. The maximum absolute atomic E-state index is 12.1. The van der Waals surface area contributed by atoms with Crippen LogP contribution in [0.2, 0.25) is 0 Å². The number of esters is 1. The van der Waals surface area contributed by atoms with E-state index in [1.54, 1.807) is 0 Å². The SMILES string of the molecule is O=C(NC1CCOC1=O)c1ccc(SC(F)(F)F)cc1. The normalized spacial score (nSPS) is 18.8. The van der Waals surface area contributed by atoms with Crippen molar-refractivity contribution in [2.75, 3.05) is 6.61 Å². The van der Waals surface area contributed by atoms with E-state index in [2.05, 4.69) is 5.32 Å². The molecule has 0 aromatic heterocycles. The molecule has 0 spiro atoms. The summed E-state index contributed by atoms with van der Waals surface area (Å²) in [7, 11) is 0. The van der Waals surface area contributed by atoms with Crippen molar-refractivity contribution in [1.29, 1.82) is 0 Å². The number of amides is 1. The molecule has 2 rings (SSSR count). The lowest BCUT2D eigenvalue weighted by Gasteiger charge is -2.09. The molecule has 1 atom stereocenters. The third kappa shape index (κ3) is 3.89. The Labute approximate surface area is 116 Å². The highest BCUT2D eigenvalue weighted by atomic mass is 32.2. The Morgan fingerprint density at radius 3 is 2.45 bits per heavy atom. The molecular weight excluding hydrogens is 295 g/mol. The van der Waals surface area contributed by atoms with Crippen molar-refractivity contribution in [3.05, 3.63) is 29.8 Å². The van der Waals surface area contributed by atoms with Gasteiger partial charge in [0.05, 0.1) is 6.61 Å². The first-order valence-corrected chi connectivity index (χ1v) is 6.50. The number of carbonyl (C=O) groups excluding carboxylic acids is 2. The highest BCUT2D eigenvalue weighted by Gasteiger charge is 2.30. The van der Waals surface area contributed by atoms with Crippen LogP contribution in [0.5, 0.6) is 0 Å². The fraction of sp³-hybridized carbons (Fsp3) is 0.333. The first-order valence-electron chi connectivity index (χ1n) is 5.68. The maximum atomic E-state index is 12.1. The molecule has 108 valence electrons. The first-order chi connectivity index (χ1) is 9.35. The topological polar surface area (TPSA) is 55.4 Å². The van der Waals surface area contributed by atoms with Crippen molar-refractivity contribution in [2.45, 2.75) is 22.9 Å². The quantitative estimate of drug-likeness (QED) is 0.688. The average Bonchev–Trinajstić information content (AvgIpc) is 2.74. The first kappa shape index (κ1) is 14.7. The molecule has 1 unspecified atom stereocenters. The van der Waals surface area contributed by atoms with Crippen LogP contribution in [-0.2, 0) is 9.53 Å². The van der Waals surface area contributed by atoms with E-state index in [1.807, 2.05) is 0 Å². The summed E-state index contributed by atoms with van der Waals surface area (Å²) in [6.07, 6.45) is 0.395. The minimum Gasteiger partial charge on any atom is -0.464 e. The maximum Gasteiger partial charge on any atom is 0.446 e. The number of rotatable bonds is 3. The van der Waals surface area contributed by atoms with Crippen LogP contribution in [0.15, 0.2) is 29.2 Å². The molecule has 1 fully saturated rings. The number of ether oxygens (including phenoxy) is 1. The van der Waals surface area contributed by atoms with Gasteiger partial charge in [-0.15, -0.1) is 0 Å². The molecule has 8 heteroatoms. The van der Waals surface area contributed by atoms with E-state index in [1.165, 1.54) is 24.3 Å². The van der Waals surface area contributed by atoms with Gasteiger partial charge in [-0.05, 0) is 36.0 Å². The van der Waals surface area contributed by atoms with Gasteiger partial charge in [0.15, 0.2) is 0 Å². The summed E-state index contributed by atoms with van der Waals surface area (Å²) in [6.45, 7) is 0.255. The second-order valence-electron chi connectivity index (χ2n) is 4.05. The monoisotopic (exact) mass is 305 g/mol.